The number of aliphatic imine (C=N–C) groups is 1. The number of esters is 1. The van der Waals surface area contributed by atoms with Crippen LogP contribution in [-0.2, 0) is 14.0 Å². The van der Waals surface area contributed by atoms with Crippen LogP contribution in [0.4, 0.5) is 4.39 Å². The molecule has 10 heteroatoms. The minimum absolute atomic E-state index is 0.0329. The Bertz CT molecular complexity index is 1700. The molecule has 0 radical (unpaired) electrons. The monoisotopic (exact) mass is 659 g/mol. The van der Waals surface area contributed by atoms with Crippen LogP contribution in [0.5, 0.6) is 0 Å². The second-order valence-electron chi connectivity index (χ2n) is 12.4. The fourth-order valence-electron chi connectivity index (χ4n) is 6.46. The molecule has 1 atom stereocenters. The van der Waals surface area contributed by atoms with Gasteiger partial charge in [0, 0.05) is 39.9 Å². The molecule has 4 aromatic rings. The predicted molar refractivity (Wildman–Crippen MR) is 180 cm³/mol. The van der Waals surface area contributed by atoms with Crippen LogP contribution >= 0.6 is 22.9 Å². The van der Waals surface area contributed by atoms with Crippen molar-refractivity contribution in [3.05, 3.63) is 123 Å². The maximum atomic E-state index is 14.1. The van der Waals surface area contributed by atoms with E-state index in [1.165, 1.54) is 41.0 Å². The van der Waals surface area contributed by atoms with Gasteiger partial charge in [0.2, 0.25) is 0 Å². The largest absolute Gasteiger partial charge is 0.466 e. The Balaban J connectivity index is 1.39. The van der Waals surface area contributed by atoms with Crippen molar-refractivity contribution in [1.29, 1.82) is 0 Å². The van der Waals surface area contributed by atoms with Gasteiger partial charge in [0.1, 0.15) is 11.9 Å². The average molecular weight is 660 g/mol. The van der Waals surface area contributed by atoms with E-state index in [1.807, 2.05) is 17.5 Å². The molecule has 3 aromatic carbocycles. The lowest BCUT2D eigenvalue weighted by Crippen LogP contribution is -2.68. The van der Waals surface area contributed by atoms with Crippen molar-refractivity contribution in [1.82, 2.24) is 10.3 Å². The number of nitrogens with zero attached hydrogens (tertiary/aromatic N) is 2. The molecule has 1 N–H and O–H groups in total. The minimum atomic E-state index is -2.76. The first-order chi connectivity index (χ1) is 21.6. The topological polar surface area (TPSA) is 72.8 Å². The summed E-state index contributed by atoms with van der Waals surface area (Å²) in [6, 6.07) is 24.5. The number of rotatable bonds is 8. The Morgan fingerprint density at radius 2 is 1.67 bits per heavy atom. The van der Waals surface area contributed by atoms with E-state index < -0.39 is 26.1 Å². The van der Waals surface area contributed by atoms with Crippen LogP contribution in [0.1, 0.15) is 50.2 Å². The third-order valence-corrected chi connectivity index (χ3v) is 14.8. The number of ether oxygens (including phenoxy) is 1. The standard InChI is InChI=1S/C35H35ClFN3O3SSi/c1-35(2,3)45(25-11-7-5-8-12-25,26-13-9-6-10-14-26)43-24-19-22(20-24)30-29(34(41)42-4)31(27-16-15-23(37)21-28(27)36)40-32(39-30)33-38-17-18-44-33/h5-18,21-22,24,31H,19-20H2,1-4H3,(H,39,40). The number of benzene rings is 3. The van der Waals surface area contributed by atoms with E-state index in [9.17, 15) is 9.18 Å². The zero-order valence-electron chi connectivity index (χ0n) is 25.6. The number of carbonyl (C=O) groups is 1. The highest BCUT2D eigenvalue weighted by Crippen LogP contribution is 2.46. The maximum absolute atomic E-state index is 14.1. The molecule has 1 fully saturated rings. The SMILES string of the molecule is COC(=O)C1=C(C2CC(O[Si](c3ccccc3)(c3ccccc3)C(C)(C)C)C2)NC(c2nccs2)=NC1c1ccc(F)cc1Cl. The molecule has 1 aliphatic heterocycles. The molecule has 2 heterocycles. The lowest BCUT2D eigenvalue weighted by Gasteiger charge is -2.49. The molecule has 45 heavy (non-hydrogen) atoms. The van der Waals surface area contributed by atoms with E-state index in [1.54, 1.807) is 12.3 Å². The highest BCUT2D eigenvalue weighted by atomic mass is 35.5. The number of hydrogen-bond donors (Lipinski definition) is 1. The molecule has 2 aliphatic rings. The molecular weight excluding hydrogens is 625 g/mol. The summed E-state index contributed by atoms with van der Waals surface area (Å²) < 4.78 is 26.7. The molecule has 1 saturated carbocycles. The Morgan fingerprint density at radius 1 is 1.02 bits per heavy atom. The lowest BCUT2D eigenvalue weighted by molar-refractivity contribution is -0.136. The van der Waals surface area contributed by atoms with Crippen molar-refractivity contribution in [2.24, 2.45) is 10.9 Å². The normalized spacial score (nSPS) is 20.2. The second-order valence-corrected chi connectivity index (χ2v) is 18.0. The first kappa shape index (κ1) is 31.4. The summed E-state index contributed by atoms with van der Waals surface area (Å²) >= 11 is 7.99. The van der Waals surface area contributed by atoms with Crippen LogP contribution in [0.3, 0.4) is 0 Å². The van der Waals surface area contributed by atoms with Crippen LogP contribution in [0.25, 0.3) is 0 Å². The van der Waals surface area contributed by atoms with Gasteiger partial charge in [-0.05, 0) is 40.4 Å². The van der Waals surface area contributed by atoms with E-state index in [2.05, 4.69) is 79.6 Å². The van der Waals surface area contributed by atoms with Crippen LogP contribution in [0, 0.1) is 11.7 Å². The number of allylic oxidation sites excluding steroid dienone is 1. The van der Waals surface area contributed by atoms with E-state index in [0.29, 0.717) is 34.8 Å². The van der Waals surface area contributed by atoms with Crippen molar-refractivity contribution < 1.29 is 18.3 Å². The van der Waals surface area contributed by atoms with Gasteiger partial charge in [-0.1, -0.05) is 99.1 Å². The minimum Gasteiger partial charge on any atom is -0.466 e. The number of hydrogen-bond acceptors (Lipinski definition) is 7. The molecule has 1 aliphatic carbocycles. The van der Waals surface area contributed by atoms with Gasteiger partial charge in [0.15, 0.2) is 10.8 Å². The molecule has 0 amide bonds. The van der Waals surface area contributed by atoms with Gasteiger partial charge in [0.25, 0.3) is 8.32 Å². The number of amidine groups is 1. The van der Waals surface area contributed by atoms with E-state index in [4.69, 9.17) is 25.8 Å². The summed E-state index contributed by atoms with van der Waals surface area (Å²) in [5.41, 5.74) is 1.60. The summed E-state index contributed by atoms with van der Waals surface area (Å²) in [7, 11) is -1.40. The van der Waals surface area contributed by atoms with Crippen LogP contribution < -0.4 is 15.7 Å². The van der Waals surface area contributed by atoms with Gasteiger partial charge in [-0.2, -0.15) is 0 Å². The Labute approximate surface area is 273 Å². The Morgan fingerprint density at radius 3 is 2.20 bits per heavy atom. The third-order valence-electron chi connectivity index (χ3n) is 8.64. The zero-order chi connectivity index (χ0) is 31.8. The quantitative estimate of drug-likeness (QED) is 0.166. The van der Waals surface area contributed by atoms with E-state index in [-0.39, 0.29) is 22.1 Å². The number of methoxy groups -OCH3 is 1. The zero-order valence-corrected chi connectivity index (χ0v) is 28.2. The van der Waals surface area contributed by atoms with Crippen molar-refractivity contribution in [3.63, 3.8) is 0 Å². The average Bonchev–Trinajstić information content (AvgIpc) is 3.55. The van der Waals surface area contributed by atoms with Crippen LogP contribution in [0.2, 0.25) is 10.1 Å². The maximum Gasteiger partial charge on any atom is 0.338 e. The van der Waals surface area contributed by atoms with Gasteiger partial charge in [-0.15, -0.1) is 11.3 Å². The van der Waals surface area contributed by atoms with E-state index >= 15 is 0 Å². The van der Waals surface area contributed by atoms with Gasteiger partial charge >= 0.3 is 5.97 Å². The van der Waals surface area contributed by atoms with Crippen LogP contribution in [-0.4, -0.2) is 38.3 Å². The predicted octanol–water partition coefficient (Wildman–Crippen LogP) is 6.81. The fraction of sp³-hybridized carbons (Fsp3) is 0.286. The van der Waals surface area contributed by atoms with Gasteiger partial charge < -0.3 is 14.5 Å². The molecule has 0 spiro atoms. The number of thiazole rings is 1. The first-order valence-electron chi connectivity index (χ1n) is 14.9. The fourth-order valence-corrected chi connectivity index (χ4v) is 12.0. The Hall–Kier alpha value is -3.63. The van der Waals surface area contributed by atoms with Crippen molar-refractivity contribution in [3.8, 4) is 0 Å². The summed E-state index contributed by atoms with van der Waals surface area (Å²) in [6.07, 6.45) is 3.06. The molecule has 6 nitrogen and oxygen atoms in total. The van der Waals surface area contributed by atoms with E-state index in [0.717, 1.165) is 5.70 Å². The molecule has 1 aromatic heterocycles. The van der Waals surface area contributed by atoms with Gasteiger partial charge in [0.05, 0.1) is 12.7 Å². The van der Waals surface area contributed by atoms with Crippen molar-refractivity contribution in [2.75, 3.05) is 7.11 Å². The number of aromatic nitrogens is 1. The molecule has 6 rings (SSSR count). The Kier molecular flexibility index (Phi) is 8.80. The summed E-state index contributed by atoms with van der Waals surface area (Å²) in [6.45, 7) is 6.80. The summed E-state index contributed by atoms with van der Waals surface area (Å²) in [5, 5.41) is 8.47. The second kappa shape index (κ2) is 12.6. The smallest absolute Gasteiger partial charge is 0.338 e. The number of halogens is 2. The molecule has 0 saturated heterocycles. The molecule has 0 bridgehead atoms. The highest BCUT2D eigenvalue weighted by molar-refractivity contribution is 7.11. The summed E-state index contributed by atoms with van der Waals surface area (Å²) in [4.78, 5) is 22.8. The lowest BCUT2D eigenvalue weighted by atomic mass is 9.76. The molecular formula is C35H35ClFN3O3SSi. The van der Waals surface area contributed by atoms with Crippen molar-refractivity contribution >= 4 is 53.4 Å². The van der Waals surface area contributed by atoms with Crippen LogP contribution in [0.15, 0.2) is 107 Å². The highest BCUT2D eigenvalue weighted by Gasteiger charge is 2.53. The molecule has 232 valence electrons. The summed E-state index contributed by atoms with van der Waals surface area (Å²) in [5.74, 6) is -0.474. The molecule has 1 unspecified atom stereocenters. The third kappa shape index (κ3) is 5.90. The number of nitrogens with one attached hydrogen (secondary N) is 1. The number of carbonyl (C=O) groups excluding carboxylic acids is 1. The van der Waals surface area contributed by atoms with Gasteiger partial charge in [-0.3, -0.25) is 4.99 Å². The van der Waals surface area contributed by atoms with Gasteiger partial charge in [-0.25, -0.2) is 14.2 Å². The van der Waals surface area contributed by atoms with Crippen molar-refractivity contribution in [2.45, 2.75) is 50.8 Å². The first-order valence-corrected chi connectivity index (χ1v) is 18.1.